The van der Waals surface area contributed by atoms with E-state index in [0.717, 1.165) is 17.7 Å². The zero-order valence-corrected chi connectivity index (χ0v) is 10.7. The average Bonchev–Trinajstić information content (AvgIpc) is 2.26. The molecular weight excluding hydrogens is 217 g/mol. The summed E-state index contributed by atoms with van der Waals surface area (Å²) >= 11 is 0. The number of hydrogen-bond donors (Lipinski definition) is 1. The number of rotatable bonds is 6. The maximum Gasteiger partial charge on any atom is 0.127 e. The Hall–Kier alpha value is -1.35. The van der Waals surface area contributed by atoms with E-state index < -0.39 is 0 Å². The lowest BCUT2D eigenvalue weighted by Gasteiger charge is -2.17. The number of halogens is 1. The van der Waals surface area contributed by atoms with Crippen LogP contribution >= 0.6 is 0 Å². The van der Waals surface area contributed by atoms with Crippen LogP contribution in [0.3, 0.4) is 0 Å². The van der Waals surface area contributed by atoms with E-state index in [4.69, 9.17) is 4.74 Å². The number of hydrogen-bond acceptors (Lipinski definition) is 2. The van der Waals surface area contributed by atoms with Crippen molar-refractivity contribution in [2.75, 3.05) is 13.2 Å². The molecule has 17 heavy (non-hydrogen) atoms. The first-order chi connectivity index (χ1) is 8.04. The molecule has 1 aromatic carbocycles. The predicted molar refractivity (Wildman–Crippen MR) is 68.8 cm³/mol. The minimum atomic E-state index is -0.283. The van der Waals surface area contributed by atoms with Gasteiger partial charge in [0.05, 0.1) is 0 Å². The van der Waals surface area contributed by atoms with Gasteiger partial charge in [-0.2, -0.15) is 0 Å². The molecule has 3 heteroatoms. The minimum Gasteiger partial charge on any atom is -0.489 e. The van der Waals surface area contributed by atoms with Crippen molar-refractivity contribution in [2.45, 2.75) is 26.8 Å². The normalized spacial score (nSPS) is 12.2. The average molecular weight is 237 g/mol. The van der Waals surface area contributed by atoms with Crippen LogP contribution in [0, 0.1) is 5.82 Å². The SMILES string of the molecule is C=C(C)COc1cc(F)ccc1C(C)NCC. The monoisotopic (exact) mass is 237 g/mol. The topological polar surface area (TPSA) is 21.3 Å². The zero-order chi connectivity index (χ0) is 12.8. The van der Waals surface area contributed by atoms with Gasteiger partial charge in [0.25, 0.3) is 0 Å². The molecule has 0 spiro atoms. The van der Waals surface area contributed by atoms with Gasteiger partial charge in [-0.3, -0.25) is 0 Å². The molecule has 1 rings (SSSR count). The Labute approximate surface area is 102 Å². The summed E-state index contributed by atoms with van der Waals surface area (Å²) in [4.78, 5) is 0. The number of nitrogens with one attached hydrogen (secondary N) is 1. The molecule has 0 aliphatic rings. The summed E-state index contributed by atoms with van der Waals surface area (Å²) in [5, 5.41) is 3.28. The maximum absolute atomic E-state index is 13.2. The molecule has 0 heterocycles. The van der Waals surface area contributed by atoms with Gasteiger partial charge in [0, 0.05) is 17.7 Å². The van der Waals surface area contributed by atoms with Crippen molar-refractivity contribution < 1.29 is 9.13 Å². The molecule has 0 saturated heterocycles. The van der Waals surface area contributed by atoms with Crippen LogP contribution in [0.1, 0.15) is 32.4 Å². The van der Waals surface area contributed by atoms with Crippen molar-refractivity contribution in [2.24, 2.45) is 0 Å². The van der Waals surface area contributed by atoms with Gasteiger partial charge in [-0.05, 0) is 32.0 Å². The van der Waals surface area contributed by atoms with Gasteiger partial charge in [0.15, 0.2) is 0 Å². The highest BCUT2D eigenvalue weighted by Gasteiger charge is 2.11. The first kappa shape index (κ1) is 13.7. The first-order valence-corrected chi connectivity index (χ1v) is 5.84. The number of benzene rings is 1. The lowest BCUT2D eigenvalue weighted by atomic mass is 10.1. The van der Waals surface area contributed by atoms with Crippen LogP contribution in [0.5, 0.6) is 5.75 Å². The molecule has 0 amide bonds. The summed E-state index contributed by atoms with van der Waals surface area (Å²) in [6.07, 6.45) is 0. The minimum absolute atomic E-state index is 0.140. The van der Waals surface area contributed by atoms with E-state index in [2.05, 4.69) is 11.9 Å². The molecule has 94 valence electrons. The summed E-state index contributed by atoms with van der Waals surface area (Å²) in [6, 6.07) is 4.78. The second-order valence-electron chi connectivity index (χ2n) is 4.21. The molecular formula is C14H20FNO. The summed E-state index contributed by atoms with van der Waals surface area (Å²) in [7, 11) is 0. The van der Waals surface area contributed by atoms with E-state index >= 15 is 0 Å². The fourth-order valence-electron chi connectivity index (χ4n) is 1.61. The summed E-state index contributed by atoms with van der Waals surface area (Å²) in [5.74, 6) is 0.301. The zero-order valence-electron chi connectivity index (χ0n) is 10.7. The summed E-state index contributed by atoms with van der Waals surface area (Å²) in [5.41, 5.74) is 1.88. The molecule has 0 saturated carbocycles. The summed E-state index contributed by atoms with van der Waals surface area (Å²) < 4.78 is 18.8. The van der Waals surface area contributed by atoms with Gasteiger partial charge in [-0.15, -0.1) is 0 Å². The highest BCUT2D eigenvalue weighted by Crippen LogP contribution is 2.26. The van der Waals surface area contributed by atoms with Crippen LogP contribution in [-0.2, 0) is 0 Å². The quantitative estimate of drug-likeness (QED) is 0.765. The first-order valence-electron chi connectivity index (χ1n) is 5.84. The van der Waals surface area contributed by atoms with E-state index in [-0.39, 0.29) is 11.9 Å². The maximum atomic E-state index is 13.2. The van der Waals surface area contributed by atoms with Gasteiger partial charge in [-0.1, -0.05) is 19.6 Å². The third-order valence-corrected chi connectivity index (χ3v) is 2.43. The van der Waals surface area contributed by atoms with E-state index in [1.165, 1.54) is 12.1 Å². The Morgan fingerprint density at radius 1 is 1.53 bits per heavy atom. The third-order valence-electron chi connectivity index (χ3n) is 2.43. The van der Waals surface area contributed by atoms with E-state index in [0.29, 0.717) is 12.4 Å². The molecule has 0 aliphatic heterocycles. The van der Waals surface area contributed by atoms with Crippen molar-refractivity contribution >= 4 is 0 Å². The Kier molecular flexibility index (Phi) is 5.16. The van der Waals surface area contributed by atoms with E-state index in [1.807, 2.05) is 20.8 Å². The van der Waals surface area contributed by atoms with Gasteiger partial charge in [0.2, 0.25) is 0 Å². The van der Waals surface area contributed by atoms with Gasteiger partial charge < -0.3 is 10.1 Å². The second-order valence-corrected chi connectivity index (χ2v) is 4.21. The lowest BCUT2D eigenvalue weighted by molar-refractivity contribution is 0.342. The molecule has 1 atom stereocenters. The highest BCUT2D eigenvalue weighted by molar-refractivity contribution is 5.36. The fraction of sp³-hybridized carbons (Fsp3) is 0.429. The lowest BCUT2D eigenvalue weighted by Crippen LogP contribution is -2.18. The molecule has 0 bridgehead atoms. The van der Waals surface area contributed by atoms with Gasteiger partial charge in [-0.25, -0.2) is 4.39 Å². The van der Waals surface area contributed by atoms with Crippen LogP contribution in [-0.4, -0.2) is 13.2 Å². The molecule has 1 unspecified atom stereocenters. The molecule has 0 fully saturated rings. The second kappa shape index (κ2) is 6.40. The van der Waals surface area contributed by atoms with Gasteiger partial charge >= 0.3 is 0 Å². The summed E-state index contributed by atoms with van der Waals surface area (Å²) in [6.45, 7) is 11.0. The smallest absolute Gasteiger partial charge is 0.127 e. The largest absolute Gasteiger partial charge is 0.489 e. The van der Waals surface area contributed by atoms with Crippen molar-refractivity contribution in [3.63, 3.8) is 0 Å². The van der Waals surface area contributed by atoms with Gasteiger partial charge in [0.1, 0.15) is 18.2 Å². The van der Waals surface area contributed by atoms with Crippen LogP contribution in [0.25, 0.3) is 0 Å². The Balaban J connectivity index is 2.90. The highest BCUT2D eigenvalue weighted by atomic mass is 19.1. The Morgan fingerprint density at radius 3 is 2.82 bits per heavy atom. The predicted octanol–water partition coefficient (Wildman–Crippen LogP) is 3.45. The van der Waals surface area contributed by atoms with Crippen LogP contribution in [0.15, 0.2) is 30.4 Å². The molecule has 0 aromatic heterocycles. The Morgan fingerprint density at radius 2 is 2.24 bits per heavy atom. The fourth-order valence-corrected chi connectivity index (χ4v) is 1.61. The van der Waals surface area contributed by atoms with Crippen molar-refractivity contribution in [1.29, 1.82) is 0 Å². The molecule has 0 aliphatic carbocycles. The molecule has 1 N–H and O–H groups in total. The van der Waals surface area contributed by atoms with E-state index in [1.54, 1.807) is 6.07 Å². The van der Waals surface area contributed by atoms with Crippen molar-refractivity contribution in [3.05, 3.63) is 41.7 Å². The molecule has 0 radical (unpaired) electrons. The van der Waals surface area contributed by atoms with Crippen LogP contribution in [0.2, 0.25) is 0 Å². The van der Waals surface area contributed by atoms with Crippen LogP contribution in [0.4, 0.5) is 4.39 Å². The third kappa shape index (κ3) is 4.19. The standard InChI is InChI=1S/C14H20FNO/c1-5-16-11(4)13-7-6-12(15)8-14(13)17-9-10(2)3/h6-8,11,16H,2,5,9H2,1,3-4H3. The van der Waals surface area contributed by atoms with E-state index in [9.17, 15) is 4.39 Å². The molecule has 2 nitrogen and oxygen atoms in total. The van der Waals surface area contributed by atoms with Crippen molar-refractivity contribution in [3.8, 4) is 5.75 Å². The number of ether oxygens (including phenoxy) is 1. The Bertz CT molecular complexity index is 390. The van der Waals surface area contributed by atoms with Crippen molar-refractivity contribution in [1.82, 2.24) is 5.32 Å². The van der Waals surface area contributed by atoms with Crippen LogP contribution < -0.4 is 10.1 Å². The molecule has 1 aromatic rings.